The van der Waals surface area contributed by atoms with Crippen LogP contribution in [0.5, 0.6) is 0 Å². The number of aromatic nitrogens is 3. The zero-order valence-electron chi connectivity index (χ0n) is 14.8. The van der Waals surface area contributed by atoms with Gasteiger partial charge in [-0.05, 0) is 30.9 Å². The van der Waals surface area contributed by atoms with Gasteiger partial charge in [0.05, 0.1) is 0 Å². The van der Waals surface area contributed by atoms with Crippen LogP contribution in [0.15, 0.2) is 36.9 Å². The summed E-state index contributed by atoms with van der Waals surface area (Å²) in [5.74, 6) is 1.61. The number of anilines is 2. The first-order valence-corrected chi connectivity index (χ1v) is 9.13. The number of nitrogen functional groups attached to an aromatic ring is 1. The number of amides is 1. The third-order valence-corrected chi connectivity index (χ3v) is 5.50. The molecule has 2 aliphatic heterocycles. The molecule has 7 heteroatoms. The number of nitrogens with zero attached hydrogens (tertiary/aromatic N) is 5. The molecule has 0 radical (unpaired) electrons. The second-order valence-corrected chi connectivity index (χ2v) is 7.44. The fraction of sp³-hybridized carbons (Fsp3) is 0.474. The Morgan fingerprint density at radius 3 is 2.96 bits per heavy atom. The van der Waals surface area contributed by atoms with Crippen LogP contribution in [0.2, 0.25) is 0 Å². The summed E-state index contributed by atoms with van der Waals surface area (Å²) in [4.78, 5) is 29.3. The third-order valence-electron chi connectivity index (χ3n) is 5.50. The average Bonchev–Trinajstić information content (AvgIpc) is 2.66. The van der Waals surface area contributed by atoms with Gasteiger partial charge in [-0.1, -0.05) is 6.07 Å². The molecule has 7 nitrogen and oxygen atoms in total. The fourth-order valence-corrected chi connectivity index (χ4v) is 4.23. The highest BCUT2D eigenvalue weighted by atomic mass is 16.2. The molecule has 2 aromatic rings. The van der Waals surface area contributed by atoms with E-state index in [0.29, 0.717) is 18.8 Å². The molecule has 1 amide bonds. The van der Waals surface area contributed by atoms with Crippen LogP contribution in [0.3, 0.4) is 0 Å². The number of nitrogens with two attached hydrogens (primary N) is 1. The molecule has 2 N–H and O–H groups in total. The minimum absolute atomic E-state index is 0.119. The van der Waals surface area contributed by atoms with Gasteiger partial charge in [-0.2, -0.15) is 0 Å². The largest absolute Gasteiger partial charge is 0.384 e. The molecule has 2 aromatic heterocycles. The number of hydrogen-bond donors (Lipinski definition) is 1. The number of piperidine rings is 2. The average molecular weight is 352 g/mol. The van der Waals surface area contributed by atoms with E-state index in [2.05, 4.69) is 19.9 Å². The quantitative estimate of drug-likeness (QED) is 0.907. The molecular formula is C19H24N6O. The van der Waals surface area contributed by atoms with Crippen molar-refractivity contribution < 1.29 is 4.79 Å². The van der Waals surface area contributed by atoms with Gasteiger partial charge >= 0.3 is 0 Å². The van der Waals surface area contributed by atoms with Gasteiger partial charge in [0.25, 0.3) is 0 Å². The topological polar surface area (TPSA) is 88.2 Å². The van der Waals surface area contributed by atoms with Crippen LogP contribution < -0.4 is 10.6 Å². The lowest BCUT2D eigenvalue weighted by Crippen LogP contribution is -2.54. The summed E-state index contributed by atoms with van der Waals surface area (Å²) in [5.41, 5.74) is 7.02. The molecule has 136 valence electrons. The van der Waals surface area contributed by atoms with Crippen molar-refractivity contribution in [3.63, 3.8) is 0 Å². The Hall–Kier alpha value is -2.70. The van der Waals surface area contributed by atoms with Crippen LogP contribution in [0.1, 0.15) is 31.2 Å². The van der Waals surface area contributed by atoms with Crippen molar-refractivity contribution in [2.24, 2.45) is 5.41 Å². The monoisotopic (exact) mass is 352 g/mol. The molecule has 0 unspecified atom stereocenters. The Bertz CT molecular complexity index is 783. The lowest BCUT2D eigenvalue weighted by atomic mass is 9.73. The van der Waals surface area contributed by atoms with Crippen molar-refractivity contribution in [1.82, 2.24) is 19.9 Å². The Labute approximate surface area is 153 Å². The summed E-state index contributed by atoms with van der Waals surface area (Å²) in [6, 6.07) is 5.78. The normalized spacial score (nSPS) is 23.5. The highest BCUT2D eigenvalue weighted by Gasteiger charge is 2.42. The van der Waals surface area contributed by atoms with Crippen molar-refractivity contribution in [2.75, 3.05) is 30.3 Å². The zero-order chi connectivity index (χ0) is 18.0. The van der Waals surface area contributed by atoms with Crippen molar-refractivity contribution in [2.45, 2.75) is 32.2 Å². The molecule has 0 bridgehead atoms. The predicted octanol–water partition coefficient (Wildman–Crippen LogP) is 1.86. The number of carbonyl (C=O) groups excluding carboxylic acids is 1. The number of pyridine rings is 1. The fourth-order valence-electron chi connectivity index (χ4n) is 4.23. The molecule has 1 spiro atoms. The minimum atomic E-state index is 0.119. The second-order valence-electron chi connectivity index (χ2n) is 7.44. The molecule has 1 atom stereocenters. The summed E-state index contributed by atoms with van der Waals surface area (Å²) in [7, 11) is 0. The lowest BCUT2D eigenvalue weighted by molar-refractivity contribution is -0.138. The van der Waals surface area contributed by atoms with Gasteiger partial charge < -0.3 is 15.5 Å². The second kappa shape index (κ2) is 6.90. The van der Waals surface area contributed by atoms with Crippen molar-refractivity contribution in [3.8, 4) is 0 Å². The van der Waals surface area contributed by atoms with E-state index in [1.807, 2.05) is 29.3 Å². The lowest BCUT2D eigenvalue weighted by Gasteiger charge is -2.48. The van der Waals surface area contributed by atoms with Crippen LogP contribution in [0, 0.1) is 5.41 Å². The number of likely N-dealkylation sites (tertiary alicyclic amines) is 1. The SMILES string of the molecule is Nc1cc(N2CCC[C@]3(CCC(=O)N(Cc4cccnc4)C3)C2)ncn1. The highest BCUT2D eigenvalue weighted by molar-refractivity contribution is 5.77. The number of rotatable bonds is 3. The van der Waals surface area contributed by atoms with E-state index in [-0.39, 0.29) is 11.3 Å². The standard InChI is InChI=1S/C19H24N6O/c20-16-9-17(23-14-22-16)24-8-2-5-19(12-24)6-4-18(26)25(13-19)11-15-3-1-7-21-10-15/h1,3,7,9-10,14H,2,4-6,8,11-13H2,(H2,20,22,23)/t19-/m0/s1. The van der Waals surface area contributed by atoms with Gasteiger partial charge in [-0.3, -0.25) is 9.78 Å². The molecule has 0 saturated carbocycles. The minimum Gasteiger partial charge on any atom is -0.384 e. The van der Waals surface area contributed by atoms with E-state index in [0.717, 1.165) is 50.3 Å². The van der Waals surface area contributed by atoms with Gasteiger partial charge in [0.15, 0.2) is 0 Å². The maximum Gasteiger partial charge on any atom is 0.222 e. The smallest absolute Gasteiger partial charge is 0.222 e. The van der Waals surface area contributed by atoms with Crippen molar-refractivity contribution in [1.29, 1.82) is 0 Å². The summed E-state index contributed by atoms with van der Waals surface area (Å²) < 4.78 is 0. The van der Waals surface area contributed by atoms with Gasteiger partial charge in [0, 0.05) is 56.5 Å². The first kappa shape index (κ1) is 16.8. The number of carbonyl (C=O) groups is 1. The zero-order valence-corrected chi connectivity index (χ0v) is 14.8. The molecule has 0 aromatic carbocycles. The molecule has 4 heterocycles. The summed E-state index contributed by atoms with van der Waals surface area (Å²) in [5, 5.41) is 0. The first-order chi connectivity index (χ1) is 12.6. The molecule has 4 rings (SSSR count). The maximum atomic E-state index is 12.5. The van der Waals surface area contributed by atoms with Crippen LogP contribution in [0.25, 0.3) is 0 Å². The Morgan fingerprint density at radius 1 is 1.23 bits per heavy atom. The highest BCUT2D eigenvalue weighted by Crippen LogP contribution is 2.40. The summed E-state index contributed by atoms with van der Waals surface area (Å²) >= 11 is 0. The molecular weight excluding hydrogens is 328 g/mol. The van der Waals surface area contributed by atoms with Crippen LogP contribution >= 0.6 is 0 Å². The van der Waals surface area contributed by atoms with E-state index < -0.39 is 0 Å². The van der Waals surface area contributed by atoms with Gasteiger partial charge in [0.1, 0.15) is 18.0 Å². The third kappa shape index (κ3) is 3.47. The first-order valence-electron chi connectivity index (χ1n) is 9.13. The van der Waals surface area contributed by atoms with Crippen molar-refractivity contribution >= 4 is 17.5 Å². The summed E-state index contributed by atoms with van der Waals surface area (Å²) in [6.07, 6.45) is 8.90. The molecule has 2 fully saturated rings. The molecule has 2 saturated heterocycles. The Morgan fingerprint density at radius 2 is 2.15 bits per heavy atom. The Kier molecular flexibility index (Phi) is 4.44. The van der Waals surface area contributed by atoms with Crippen LogP contribution in [-0.2, 0) is 11.3 Å². The van der Waals surface area contributed by atoms with Gasteiger partial charge in [-0.15, -0.1) is 0 Å². The maximum absolute atomic E-state index is 12.5. The van der Waals surface area contributed by atoms with E-state index >= 15 is 0 Å². The Balaban J connectivity index is 1.51. The van der Waals surface area contributed by atoms with E-state index in [9.17, 15) is 4.79 Å². The van der Waals surface area contributed by atoms with Crippen molar-refractivity contribution in [3.05, 3.63) is 42.5 Å². The summed E-state index contributed by atoms with van der Waals surface area (Å²) in [6.45, 7) is 3.29. The van der Waals surface area contributed by atoms with E-state index in [4.69, 9.17) is 5.73 Å². The van der Waals surface area contributed by atoms with Crippen LogP contribution in [0.4, 0.5) is 11.6 Å². The predicted molar refractivity (Wildman–Crippen MR) is 99.2 cm³/mol. The van der Waals surface area contributed by atoms with Crippen LogP contribution in [-0.4, -0.2) is 45.4 Å². The van der Waals surface area contributed by atoms with Gasteiger partial charge in [0.2, 0.25) is 5.91 Å². The van der Waals surface area contributed by atoms with E-state index in [1.165, 1.54) is 6.33 Å². The number of hydrogen-bond acceptors (Lipinski definition) is 6. The molecule has 2 aliphatic rings. The van der Waals surface area contributed by atoms with Gasteiger partial charge in [-0.25, -0.2) is 9.97 Å². The molecule has 26 heavy (non-hydrogen) atoms. The molecule has 0 aliphatic carbocycles. The van der Waals surface area contributed by atoms with E-state index in [1.54, 1.807) is 6.20 Å².